The third kappa shape index (κ3) is 3.89. The summed E-state index contributed by atoms with van der Waals surface area (Å²) in [4.78, 5) is 27.7. The number of hydrogen-bond acceptors (Lipinski definition) is 6. The molecule has 2 N–H and O–H groups in total. The summed E-state index contributed by atoms with van der Waals surface area (Å²) in [6.07, 6.45) is 4.58. The van der Waals surface area contributed by atoms with E-state index >= 15 is 0 Å². The first kappa shape index (κ1) is 22.9. The molecule has 0 radical (unpaired) electrons. The monoisotopic (exact) mass is 483 g/mol. The molecule has 6 rings (SSSR count). The Kier molecular flexibility index (Phi) is 5.09. The first-order valence-electron chi connectivity index (χ1n) is 12.8. The van der Waals surface area contributed by atoms with Gasteiger partial charge in [-0.05, 0) is 75.0 Å². The van der Waals surface area contributed by atoms with E-state index in [4.69, 9.17) is 9.97 Å². The predicted octanol–water partition coefficient (Wildman–Crippen LogP) is 4.73. The molecule has 0 amide bonds. The molecule has 0 unspecified atom stereocenters. The highest BCUT2D eigenvalue weighted by molar-refractivity contribution is 5.77. The second kappa shape index (κ2) is 8.00. The van der Waals surface area contributed by atoms with E-state index in [9.17, 15) is 4.79 Å². The number of aromatic nitrogens is 5. The number of nitrogens with one attached hydrogen (secondary N) is 2. The SMILES string of the molecule is CC(C)(C)c1cccc(-n2c3nc(Nc4ccc5c(c4)CCNC5(C)C)ncc3c(=O)n2C2CC2)n1. The van der Waals surface area contributed by atoms with E-state index < -0.39 is 0 Å². The van der Waals surface area contributed by atoms with Crippen LogP contribution in [0.2, 0.25) is 0 Å². The second-order valence-corrected chi connectivity index (χ2v) is 11.6. The number of benzene rings is 1. The van der Waals surface area contributed by atoms with Gasteiger partial charge in [0.2, 0.25) is 5.95 Å². The lowest BCUT2D eigenvalue weighted by molar-refractivity contribution is 0.382. The highest BCUT2D eigenvalue weighted by Crippen LogP contribution is 2.36. The fourth-order valence-corrected chi connectivity index (χ4v) is 5.11. The van der Waals surface area contributed by atoms with Crippen molar-refractivity contribution in [2.75, 3.05) is 11.9 Å². The molecule has 0 saturated heterocycles. The van der Waals surface area contributed by atoms with Crippen molar-refractivity contribution in [1.29, 1.82) is 0 Å². The van der Waals surface area contributed by atoms with E-state index in [1.807, 2.05) is 27.6 Å². The average molecular weight is 484 g/mol. The van der Waals surface area contributed by atoms with Gasteiger partial charge in [-0.2, -0.15) is 4.98 Å². The van der Waals surface area contributed by atoms with E-state index in [1.165, 1.54) is 11.1 Å². The third-order valence-corrected chi connectivity index (χ3v) is 7.23. The fraction of sp³-hybridized carbons (Fsp3) is 0.429. The zero-order valence-electron chi connectivity index (χ0n) is 21.6. The van der Waals surface area contributed by atoms with Crippen LogP contribution >= 0.6 is 0 Å². The molecule has 36 heavy (non-hydrogen) atoms. The van der Waals surface area contributed by atoms with Gasteiger partial charge in [-0.25, -0.2) is 19.3 Å². The van der Waals surface area contributed by atoms with E-state index in [2.05, 4.69) is 68.4 Å². The molecule has 8 nitrogen and oxygen atoms in total. The summed E-state index contributed by atoms with van der Waals surface area (Å²) in [6, 6.07) is 12.6. The van der Waals surface area contributed by atoms with E-state index in [0.717, 1.165) is 37.2 Å². The van der Waals surface area contributed by atoms with Gasteiger partial charge < -0.3 is 10.6 Å². The molecule has 186 valence electrons. The highest BCUT2D eigenvalue weighted by atomic mass is 16.1. The molecule has 3 aromatic heterocycles. The van der Waals surface area contributed by atoms with E-state index in [-0.39, 0.29) is 22.6 Å². The number of hydrogen-bond donors (Lipinski definition) is 2. The highest BCUT2D eigenvalue weighted by Gasteiger charge is 2.32. The zero-order valence-corrected chi connectivity index (χ0v) is 21.6. The molecule has 1 aromatic carbocycles. The van der Waals surface area contributed by atoms with Crippen LogP contribution in [0.1, 0.15) is 70.3 Å². The van der Waals surface area contributed by atoms with Gasteiger partial charge in [0.1, 0.15) is 5.39 Å². The van der Waals surface area contributed by atoms with E-state index in [1.54, 1.807) is 6.20 Å². The topological polar surface area (TPSA) is 89.7 Å². The van der Waals surface area contributed by atoms with Crippen molar-refractivity contribution in [2.45, 2.75) is 70.9 Å². The lowest BCUT2D eigenvalue weighted by atomic mass is 9.85. The molecule has 4 heterocycles. The molecule has 8 heteroatoms. The molecule has 0 spiro atoms. The summed E-state index contributed by atoms with van der Waals surface area (Å²) < 4.78 is 3.70. The molecule has 2 aliphatic rings. The molecule has 1 aliphatic carbocycles. The van der Waals surface area contributed by atoms with Crippen molar-refractivity contribution in [2.24, 2.45) is 0 Å². The van der Waals surface area contributed by atoms with Gasteiger partial charge in [0.25, 0.3) is 5.56 Å². The Morgan fingerprint density at radius 1 is 1.11 bits per heavy atom. The number of fused-ring (bicyclic) bond motifs is 2. The summed E-state index contributed by atoms with van der Waals surface area (Å²) >= 11 is 0. The molecule has 1 saturated carbocycles. The number of rotatable bonds is 4. The van der Waals surface area contributed by atoms with Gasteiger partial charge in [-0.15, -0.1) is 0 Å². The first-order chi connectivity index (χ1) is 17.1. The number of pyridine rings is 1. The standard InChI is InChI=1S/C28H33N7O/c1-27(2,3)22-7-6-8-23(32-22)35-24-20(25(36)34(35)19-10-11-19)16-29-26(33-24)31-18-9-12-21-17(15-18)13-14-30-28(21,4)5/h6-9,12,15-16,19,30H,10-11,13-14H2,1-5H3,(H,29,31,33). The average Bonchev–Trinajstić information content (AvgIpc) is 3.62. The van der Waals surface area contributed by atoms with Crippen LogP contribution in [0.5, 0.6) is 0 Å². The number of anilines is 2. The van der Waals surface area contributed by atoms with Crippen LogP contribution in [0.4, 0.5) is 11.6 Å². The maximum atomic E-state index is 13.4. The third-order valence-electron chi connectivity index (χ3n) is 7.23. The number of nitrogens with zero attached hydrogens (tertiary/aromatic N) is 5. The van der Waals surface area contributed by atoms with Gasteiger partial charge in [-0.1, -0.05) is 32.9 Å². The second-order valence-electron chi connectivity index (χ2n) is 11.6. The minimum absolute atomic E-state index is 0.0437. The van der Waals surface area contributed by atoms with Crippen molar-refractivity contribution in [1.82, 2.24) is 29.6 Å². The maximum absolute atomic E-state index is 13.4. The van der Waals surface area contributed by atoms with Crippen LogP contribution in [0.3, 0.4) is 0 Å². The maximum Gasteiger partial charge on any atom is 0.278 e. The predicted molar refractivity (Wildman–Crippen MR) is 142 cm³/mol. The Morgan fingerprint density at radius 3 is 2.67 bits per heavy atom. The van der Waals surface area contributed by atoms with Crippen molar-refractivity contribution < 1.29 is 0 Å². The lowest BCUT2D eigenvalue weighted by Gasteiger charge is -2.34. The Bertz CT molecular complexity index is 1540. The van der Waals surface area contributed by atoms with Crippen molar-refractivity contribution in [3.8, 4) is 5.82 Å². The quantitative estimate of drug-likeness (QED) is 0.436. The molecule has 4 aromatic rings. The molecule has 1 aliphatic heterocycles. The smallest absolute Gasteiger partial charge is 0.278 e. The van der Waals surface area contributed by atoms with Crippen LogP contribution in [0, 0.1) is 0 Å². The van der Waals surface area contributed by atoms with Crippen LogP contribution in [0.25, 0.3) is 16.9 Å². The van der Waals surface area contributed by atoms with Gasteiger partial charge in [0.15, 0.2) is 11.5 Å². The van der Waals surface area contributed by atoms with Crippen molar-refractivity contribution in [3.05, 3.63) is 69.8 Å². The van der Waals surface area contributed by atoms with Gasteiger partial charge in [0, 0.05) is 28.5 Å². The Morgan fingerprint density at radius 2 is 1.92 bits per heavy atom. The molecule has 0 bridgehead atoms. The minimum atomic E-state index is -0.109. The largest absolute Gasteiger partial charge is 0.324 e. The first-order valence-corrected chi connectivity index (χ1v) is 12.8. The summed E-state index contributed by atoms with van der Waals surface area (Å²) in [5.74, 6) is 1.17. The Hall–Kier alpha value is -3.52. The van der Waals surface area contributed by atoms with Crippen molar-refractivity contribution in [3.63, 3.8) is 0 Å². The van der Waals surface area contributed by atoms with Gasteiger partial charge in [0.05, 0.1) is 6.04 Å². The van der Waals surface area contributed by atoms with Crippen LogP contribution in [-0.4, -0.2) is 30.9 Å². The lowest BCUT2D eigenvalue weighted by Crippen LogP contribution is -2.42. The van der Waals surface area contributed by atoms with E-state index in [0.29, 0.717) is 22.8 Å². The molecule has 1 fully saturated rings. The van der Waals surface area contributed by atoms with Crippen LogP contribution in [-0.2, 0) is 17.4 Å². The normalized spacial score (nSPS) is 17.2. The van der Waals surface area contributed by atoms with Crippen LogP contribution < -0.4 is 16.2 Å². The minimum Gasteiger partial charge on any atom is -0.324 e. The Labute approximate surface area is 210 Å². The molecule has 0 atom stereocenters. The summed E-state index contributed by atoms with van der Waals surface area (Å²) in [5, 5.41) is 7.46. The Balaban J connectivity index is 1.45. The molecular weight excluding hydrogens is 450 g/mol. The summed E-state index contributed by atoms with van der Waals surface area (Å²) in [6.45, 7) is 11.8. The van der Waals surface area contributed by atoms with Crippen LogP contribution in [0.15, 0.2) is 47.4 Å². The zero-order chi connectivity index (χ0) is 25.2. The fourth-order valence-electron chi connectivity index (χ4n) is 5.11. The molecular formula is C28H33N7O. The van der Waals surface area contributed by atoms with Crippen molar-refractivity contribution >= 4 is 22.7 Å². The summed E-state index contributed by atoms with van der Waals surface area (Å²) in [7, 11) is 0. The van der Waals surface area contributed by atoms with Gasteiger partial charge in [-0.3, -0.25) is 4.79 Å². The summed E-state index contributed by atoms with van der Waals surface area (Å²) in [5.41, 5.74) is 4.90. The van der Waals surface area contributed by atoms with Gasteiger partial charge >= 0.3 is 0 Å².